The van der Waals surface area contributed by atoms with Crippen molar-refractivity contribution in [1.29, 1.82) is 5.26 Å². The van der Waals surface area contributed by atoms with Gasteiger partial charge >= 0.3 is 6.09 Å². The highest BCUT2D eigenvalue weighted by atomic mass is 19.1. The predicted octanol–water partition coefficient (Wildman–Crippen LogP) is 3.25. The van der Waals surface area contributed by atoms with Crippen molar-refractivity contribution in [3.8, 4) is 11.8 Å². The molecule has 37 heavy (non-hydrogen) atoms. The number of aliphatic hydroxyl groups is 1. The molecule has 2 fully saturated rings. The molecule has 1 N–H and O–H groups in total. The van der Waals surface area contributed by atoms with Crippen LogP contribution >= 0.6 is 0 Å². The fourth-order valence-corrected chi connectivity index (χ4v) is 4.54. The van der Waals surface area contributed by atoms with Crippen LogP contribution in [0.15, 0.2) is 24.4 Å². The molecule has 2 amide bonds. The summed E-state index contributed by atoms with van der Waals surface area (Å²) in [7, 11) is 0. The minimum absolute atomic E-state index is 0.0414. The van der Waals surface area contributed by atoms with Crippen molar-refractivity contribution in [2.75, 3.05) is 26.2 Å². The van der Waals surface area contributed by atoms with Gasteiger partial charge in [0.1, 0.15) is 24.0 Å². The van der Waals surface area contributed by atoms with Crippen LogP contribution in [0.2, 0.25) is 0 Å². The number of piperidine rings is 1. The number of ether oxygens (including phenoxy) is 2. The van der Waals surface area contributed by atoms with Gasteiger partial charge in [-0.25, -0.2) is 9.18 Å². The van der Waals surface area contributed by atoms with Gasteiger partial charge in [-0.2, -0.15) is 10.4 Å². The molecular formula is C26H32FN5O5. The van der Waals surface area contributed by atoms with E-state index >= 15 is 0 Å². The molecule has 0 radical (unpaired) electrons. The van der Waals surface area contributed by atoms with Gasteiger partial charge in [-0.05, 0) is 58.2 Å². The van der Waals surface area contributed by atoms with Crippen molar-refractivity contribution in [3.63, 3.8) is 0 Å². The van der Waals surface area contributed by atoms with Gasteiger partial charge in [0.2, 0.25) is 0 Å². The highest BCUT2D eigenvalue weighted by molar-refractivity contribution is 5.94. The Kier molecular flexibility index (Phi) is 7.68. The number of carbonyl (C=O) groups excluding carboxylic acids is 2. The van der Waals surface area contributed by atoms with E-state index in [9.17, 15) is 24.3 Å². The van der Waals surface area contributed by atoms with Crippen molar-refractivity contribution in [3.05, 3.63) is 47.0 Å². The van der Waals surface area contributed by atoms with E-state index in [-0.39, 0.29) is 42.5 Å². The Labute approximate surface area is 215 Å². The van der Waals surface area contributed by atoms with Crippen LogP contribution < -0.4 is 4.74 Å². The normalized spacial score (nSPS) is 18.5. The monoisotopic (exact) mass is 513 g/mol. The second kappa shape index (κ2) is 10.8. The molecule has 0 aliphatic carbocycles. The first-order valence-corrected chi connectivity index (χ1v) is 12.4. The van der Waals surface area contributed by atoms with Crippen LogP contribution in [0.3, 0.4) is 0 Å². The van der Waals surface area contributed by atoms with Gasteiger partial charge in [0.05, 0.1) is 18.3 Å². The summed E-state index contributed by atoms with van der Waals surface area (Å²) in [6, 6.07) is 6.10. The van der Waals surface area contributed by atoms with E-state index in [0.29, 0.717) is 50.2 Å². The number of nitrogens with zero attached hydrogens (tertiary/aromatic N) is 5. The smallest absolute Gasteiger partial charge is 0.410 e. The van der Waals surface area contributed by atoms with E-state index < -0.39 is 17.5 Å². The second-order valence-electron chi connectivity index (χ2n) is 10.4. The van der Waals surface area contributed by atoms with Crippen LogP contribution in [-0.4, -0.2) is 74.6 Å². The van der Waals surface area contributed by atoms with Crippen molar-refractivity contribution < 1.29 is 28.6 Å². The zero-order valence-corrected chi connectivity index (χ0v) is 21.3. The first-order valence-electron chi connectivity index (χ1n) is 12.4. The minimum Gasteiger partial charge on any atom is -0.486 e. The Morgan fingerprint density at radius 2 is 1.89 bits per heavy atom. The summed E-state index contributed by atoms with van der Waals surface area (Å²) >= 11 is 0. The zero-order chi connectivity index (χ0) is 26.7. The van der Waals surface area contributed by atoms with E-state index in [0.717, 1.165) is 6.07 Å². The summed E-state index contributed by atoms with van der Waals surface area (Å²) in [4.78, 5) is 28.0. The van der Waals surface area contributed by atoms with Gasteiger partial charge in [0.15, 0.2) is 11.6 Å². The average Bonchev–Trinajstić information content (AvgIpc) is 3.47. The van der Waals surface area contributed by atoms with E-state index in [1.807, 2.05) is 20.8 Å². The quantitative estimate of drug-likeness (QED) is 0.651. The van der Waals surface area contributed by atoms with Crippen LogP contribution in [0, 0.1) is 17.1 Å². The SMILES string of the molecule is CC(C)(C)OC(=O)N1CCC(n2ncc(COc3ccc(C(=O)N4CCC(O)C4)cc3F)c2C#N)CC1. The molecule has 2 saturated heterocycles. The maximum Gasteiger partial charge on any atom is 0.410 e. The number of halogens is 1. The van der Waals surface area contributed by atoms with Crippen LogP contribution in [0.25, 0.3) is 0 Å². The van der Waals surface area contributed by atoms with Crippen molar-refractivity contribution in [2.24, 2.45) is 0 Å². The molecule has 2 aromatic rings. The topological polar surface area (TPSA) is 121 Å². The highest BCUT2D eigenvalue weighted by Gasteiger charge is 2.30. The molecule has 3 heterocycles. The number of nitriles is 1. The third kappa shape index (κ3) is 6.20. The molecule has 1 aromatic carbocycles. The van der Waals surface area contributed by atoms with Gasteiger partial charge in [-0.1, -0.05) is 0 Å². The molecule has 0 saturated carbocycles. The minimum atomic E-state index is -0.689. The Balaban J connectivity index is 1.36. The van der Waals surface area contributed by atoms with Crippen molar-refractivity contribution in [2.45, 2.75) is 64.4 Å². The number of β-amino-alcohol motifs (C(OH)–C–C–N with tert-alkyl or cyclic N) is 1. The van der Waals surface area contributed by atoms with Gasteiger partial charge in [-0.3, -0.25) is 9.48 Å². The standard InChI is InChI=1S/C26H32FN5O5/c1-26(2,3)37-25(35)30-9-6-19(7-10-30)32-22(13-28)18(14-29-32)16-36-23-5-4-17(12-21(23)27)24(34)31-11-8-20(33)15-31/h4-5,12,14,19-20,33H,6-11,15-16H2,1-3H3. The number of likely N-dealkylation sites (tertiary alicyclic amines) is 2. The highest BCUT2D eigenvalue weighted by Crippen LogP contribution is 2.27. The van der Waals surface area contributed by atoms with E-state index in [2.05, 4.69) is 11.2 Å². The summed E-state index contributed by atoms with van der Waals surface area (Å²) in [5, 5.41) is 23.8. The molecule has 198 valence electrons. The lowest BCUT2D eigenvalue weighted by Gasteiger charge is -2.33. The lowest BCUT2D eigenvalue weighted by atomic mass is 10.1. The zero-order valence-electron chi connectivity index (χ0n) is 21.3. The summed E-state index contributed by atoms with van der Waals surface area (Å²) < 4.78 is 27.4. The number of hydrogen-bond acceptors (Lipinski definition) is 7. The van der Waals surface area contributed by atoms with Crippen LogP contribution in [0.5, 0.6) is 5.75 Å². The number of carbonyl (C=O) groups is 2. The lowest BCUT2D eigenvalue weighted by molar-refractivity contribution is 0.0184. The molecule has 1 aromatic heterocycles. The largest absolute Gasteiger partial charge is 0.486 e. The number of benzene rings is 1. The Bertz CT molecular complexity index is 1190. The number of hydrogen-bond donors (Lipinski definition) is 1. The molecule has 2 aliphatic heterocycles. The Morgan fingerprint density at radius 3 is 2.49 bits per heavy atom. The third-order valence-corrected chi connectivity index (χ3v) is 6.45. The number of aliphatic hydroxyl groups excluding tert-OH is 1. The lowest BCUT2D eigenvalue weighted by Crippen LogP contribution is -2.42. The Hall–Kier alpha value is -3.65. The summed E-state index contributed by atoms with van der Waals surface area (Å²) in [6.45, 7) is 7.05. The van der Waals surface area contributed by atoms with Crippen molar-refractivity contribution >= 4 is 12.0 Å². The maximum absolute atomic E-state index is 14.7. The van der Waals surface area contributed by atoms with E-state index in [4.69, 9.17) is 9.47 Å². The molecule has 0 bridgehead atoms. The van der Waals surface area contributed by atoms with Crippen LogP contribution in [0.1, 0.15) is 67.7 Å². The summed E-state index contributed by atoms with van der Waals surface area (Å²) in [5.74, 6) is -1.07. The Morgan fingerprint density at radius 1 is 1.19 bits per heavy atom. The number of aromatic nitrogens is 2. The van der Waals surface area contributed by atoms with E-state index in [1.54, 1.807) is 9.58 Å². The summed E-state index contributed by atoms with van der Waals surface area (Å²) in [6.07, 6.45) is 2.38. The molecule has 11 heteroatoms. The maximum atomic E-state index is 14.7. The molecule has 1 atom stereocenters. The van der Waals surface area contributed by atoms with Crippen molar-refractivity contribution in [1.82, 2.24) is 19.6 Å². The first kappa shape index (κ1) is 26.4. The van der Waals surface area contributed by atoms with E-state index in [1.165, 1.54) is 23.2 Å². The van der Waals surface area contributed by atoms with Gasteiger partial charge in [-0.15, -0.1) is 0 Å². The van der Waals surface area contributed by atoms with Crippen LogP contribution in [0.4, 0.5) is 9.18 Å². The molecule has 2 aliphatic rings. The first-order chi connectivity index (χ1) is 17.6. The summed E-state index contributed by atoms with van der Waals surface area (Å²) in [5.41, 5.74) is 0.464. The molecular weight excluding hydrogens is 481 g/mol. The second-order valence-corrected chi connectivity index (χ2v) is 10.4. The fourth-order valence-electron chi connectivity index (χ4n) is 4.54. The average molecular weight is 514 g/mol. The molecule has 0 spiro atoms. The predicted molar refractivity (Wildman–Crippen MR) is 130 cm³/mol. The number of amides is 2. The molecule has 1 unspecified atom stereocenters. The molecule has 4 rings (SSSR count). The number of rotatable bonds is 5. The fraction of sp³-hybridized carbons (Fsp3) is 0.538. The van der Waals surface area contributed by atoms with Gasteiger partial charge in [0, 0.05) is 37.3 Å². The van der Waals surface area contributed by atoms with Gasteiger partial charge in [0.25, 0.3) is 5.91 Å². The third-order valence-electron chi connectivity index (χ3n) is 6.45. The van der Waals surface area contributed by atoms with Gasteiger partial charge < -0.3 is 24.4 Å². The molecule has 10 nitrogen and oxygen atoms in total. The van der Waals surface area contributed by atoms with Crippen LogP contribution in [-0.2, 0) is 11.3 Å².